The van der Waals surface area contributed by atoms with Crippen LogP contribution in [0.15, 0.2) is 18.2 Å². The second kappa shape index (κ2) is 6.61. The molecule has 0 aliphatic rings. The minimum atomic E-state index is -0.999. The Labute approximate surface area is 107 Å². The topological polar surface area (TPSA) is 90.2 Å². The van der Waals surface area contributed by atoms with Crippen LogP contribution in [-0.2, 0) is 9.59 Å². The fourth-order valence-corrected chi connectivity index (χ4v) is 1.65. The van der Waals surface area contributed by atoms with E-state index in [1.807, 2.05) is 0 Å². The molecule has 0 aliphatic carbocycles. The van der Waals surface area contributed by atoms with Crippen LogP contribution in [0.4, 0.5) is 10.1 Å². The van der Waals surface area contributed by atoms with E-state index in [4.69, 9.17) is 10.4 Å². The summed E-state index contributed by atoms with van der Waals surface area (Å²) in [5.41, 5.74) is 0.139. The molecule has 1 aromatic rings. The largest absolute Gasteiger partial charge is 0.481 e. The Morgan fingerprint density at radius 1 is 1.44 bits per heavy atom. The second-order valence-electron chi connectivity index (χ2n) is 3.24. The van der Waals surface area contributed by atoms with E-state index < -0.39 is 17.7 Å². The summed E-state index contributed by atoms with van der Waals surface area (Å²) in [5, 5.41) is 19.4. The number of nitrogens with zero attached hydrogens (tertiary/aromatic N) is 1. The SMILES string of the molecule is N#Cc1cc(NC(=O)CSCC(=O)O)ccc1F. The Kier molecular flexibility index (Phi) is 5.14. The molecular formula is C11H9FN2O3S. The Hall–Kier alpha value is -2.07. The van der Waals surface area contributed by atoms with E-state index >= 15 is 0 Å². The summed E-state index contributed by atoms with van der Waals surface area (Å²) >= 11 is 0.951. The van der Waals surface area contributed by atoms with Gasteiger partial charge in [-0.15, -0.1) is 11.8 Å². The molecule has 1 rings (SSSR count). The number of halogens is 1. The highest BCUT2D eigenvalue weighted by molar-refractivity contribution is 8.00. The van der Waals surface area contributed by atoms with Gasteiger partial charge in [0.2, 0.25) is 5.91 Å². The highest BCUT2D eigenvalue weighted by Crippen LogP contribution is 2.14. The zero-order chi connectivity index (χ0) is 13.5. The number of carbonyl (C=O) groups is 2. The monoisotopic (exact) mass is 268 g/mol. The lowest BCUT2D eigenvalue weighted by Crippen LogP contribution is -2.15. The first-order chi connectivity index (χ1) is 8.52. The average molecular weight is 268 g/mol. The molecule has 1 amide bonds. The molecule has 0 unspecified atom stereocenters. The van der Waals surface area contributed by atoms with E-state index in [1.165, 1.54) is 12.1 Å². The number of carboxylic acid groups (broad SMARTS) is 1. The van der Waals surface area contributed by atoms with Crippen molar-refractivity contribution in [3.8, 4) is 6.07 Å². The van der Waals surface area contributed by atoms with Crippen LogP contribution in [0.2, 0.25) is 0 Å². The molecule has 0 bridgehead atoms. The lowest BCUT2D eigenvalue weighted by atomic mass is 10.2. The Morgan fingerprint density at radius 3 is 2.78 bits per heavy atom. The summed E-state index contributed by atoms with van der Waals surface area (Å²) in [6, 6.07) is 5.29. The lowest BCUT2D eigenvalue weighted by Gasteiger charge is -2.05. The minimum absolute atomic E-state index is 0.0223. The average Bonchev–Trinajstić information content (AvgIpc) is 2.31. The fourth-order valence-electron chi connectivity index (χ4n) is 1.12. The maximum absolute atomic E-state index is 13.0. The van der Waals surface area contributed by atoms with Crippen LogP contribution in [0, 0.1) is 17.1 Å². The summed E-state index contributed by atoms with van der Waals surface area (Å²) in [6.45, 7) is 0. The van der Waals surface area contributed by atoms with Gasteiger partial charge in [0, 0.05) is 5.69 Å². The third-order valence-electron chi connectivity index (χ3n) is 1.83. The van der Waals surface area contributed by atoms with Crippen LogP contribution >= 0.6 is 11.8 Å². The van der Waals surface area contributed by atoms with Crippen LogP contribution in [-0.4, -0.2) is 28.5 Å². The molecular weight excluding hydrogens is 259 g/mol. The molecule has 7 heteroatoms. The molecule has 94 valence electrons. The highest BCUT2D eigenvalue weighted by Gasteiger charge is 2.07. The van der Waals surface area contributed by atoms with E-state index in [0.29, 0.717) is 5.69 Å². The number of anilines is 1. The predicted octanol–water partition coefficient (Wildman–Crippen LogP) is 1.45. The van der Waals surface area contributed by atoms with E-state index in [1.54, 1.807) is 6.07 Å². The molecule has 0 aliphatic heterocycles. The Morgan fingerprint density at radius 2 is 2.17 bits per heavy atom. The zero-order valence-corrected chi connectivity index (χ0v) is 9.96. The molecule has 0 saturated carbocycles. The van der Waals surface area contributed by atoms with Gasteiger partial charge in [0.15, 0.2) is 0 Å². The van der Waals surface area contributed by atoms with Crippen molar-refractivity contribution in [2.45, 2.75) is 0 Å². The number of rotatable bonds is 5. The van der Waals surface area contributed by atoms with Gasteiger partial charge >= 0.3 is 5.97 Å². The number of benzene rings is 1. The molecule has 2 N–H and O–H groups in total. The molecule has 5 nitrogen and oxygen atoms in total. The van der Waals surface area contributed by atoms with E-state index in [0.717, 1.165) is 17.8 Å². The first kappa shape index (κ1) is 14.0. The summed E-state index contributed by atoms with van der Waals surface area (Å²) in [6.07, 6.45) is 0. The van der Waals surface area contributed by atoms with Gasteiger partial charge in [0.1, 0.15) is 11.9 Å². The van der Waals surface area contributed by atoms with Crippen LogP contribution in [0.5, 0.6) is 0 Å². The number of nitriles is 1. The number of nitrogens with one attached hydrogen (secondary N) is 1. The number of amides is 1. The van der Waals surface area contributed by atoms with E-state index in [-0.39, 0.29) is 17.1 Å². The van der Waals surface area contributed by atoms with Gasteiger partial charge in [-0.1, -0.05) is 0 Å². The second-order valence-corrected chi connectivity index (χ2v) is 4.23. The molecule has 18 heavy (non-hydrogen) atoms. The van der Waals surface area contributed by atoms with Crippen LogP contribution in [0.3, 0.4) is 0 Å². The van der Waals surface area contributed by atoms with Crippen molar-refractivity contribution < 1.29 is 19.1 Å². The van der Waals surface area contributed by atoms with Crippen molar-refractivity contribution in [1.82, 2.24) is 0 Å². The van der Waals surface area contributed by atoms with Gasteiger partial charge < -0.3 is 10.4 Å². The minimum Gasteiger partial charge on any atom is -0.481 e. The van der Waals surface area contributed by atoms with E-state index in [2.05, 4.69) is 5.32 Å². The number of aliphatic carboxylic acids is 1. The normalized spacial score (nSPS) is 9.56. The summed E-state index contributed by atoms with van der Waals surface area (Å²) in [5.74, 6) is -2.25. The number of thioether (sulfide) groups is 1. The molecule has 0 saturated heterocycles. The van der Waals surface area contributed by atoms with Gasteiger partial charge in [0.05, 0.1) is 17.1 Å². The van der Waals surface area contributed by atoms with Crippen LogP contribution in [0.25, 0.3) is 0 Å². The lowest BCUT2D eigenvalue weighted by molar-refractivity contribution is -0.133. The molecule has 0 atom stereocenters. The van der Waals surface area contributed by atoms with Gasteiger partial charge in [-0.2, -0.15) is 5.26 Å². The highest BCUT2D eigenvalue weighted by atomic mass is 32.2. The molecule has 0 fully saturated rings. The van der Waals surface area contributed by atoms with Crippen molar-refractivity contribution >= 4 is 29.3 Å². The van der Waals surface area contributed by atoms with Crippen LogP contribution < -0.4 is 5.32 Å². The van der Waals surface area contributed by atoms with Crippen molar-refractivity contribution in [2.24, 2.45) is 0 Å². The van der Waals surface area contributed by atoms with Crippen molar-refractivity contribution in [1.29, 1.82) is 5.26 Å². The molecule has 0 spiro atoms. The zero-order valence-electron chi connectivity index (χ0n) is 9.14. The van der Waals surface area contributed by atoms with Crippen molar-refractivity contribution in [2.75, 3.05) is 16.8 Å². The first-order valence-electron chi connectivity index (χ1n) is 4.82. The molecule has 0 radical (unpaired) electrons. The van der Waals surface area contributed by atoms with Gasteiger partial charge in [0.25, 0.3) is 0 Å². The Balaban J connectivity index is 2.55. The summed E-state index contributed by atoms with van der Waals surface area (Å²) < 4.78 is 13.0. The van der Waals surface area contributed by atoms with Crippen LogP contribution in [0.1, 0.15) is 5.56 Å². The third-order valence-corrected chi connectivity index (χ3v) is 2.75. The van der Waals surface area contributed by atoms with Gasteiger partial charge in [-0.25, -0.2) is 4.39 Å². The van der Waals surface area contributed by atoms with Crippen molar-refractivity contribution in [3.05, 3.63) is 29.6 Å². The molecule has 0 aromatic heterocycles. The fraction of sp³-hybridized carbons (Fsp3) is 0.182. The Bertz CT molecular complexity index is 514. The number of carbonyl (C=O) groups excluding carboxylic acids is 1. The first-order valence-corrected chi connectivity index (χ1v) is 5.97. The summed E-state index contributed by atoms with van der Waals surface area (Å²) in [4.78, 5) is 21.6. The summed E-state index contributed by atoms with van der Waals surface area (Å²) in [7, 11) is 0. The quantitative estimate of drug-likeness (QED) is 0.843. The number of hydrogen-bond donors (Lipinski definition) is 2. The van der Waals surface area contributed by atoms with Gasteiger partial charge in [-0.3, -0.25) is 9.59 Å². The number of hydrogen-bond acceptors (Lipinski definition) is 4. The predicted molar refractivity (Wildman–Crippen MR) is 64.7 cm³/mol. The number of carboxylic acids is 1. The maximum Gasteiger partial charge on any atom is 0.313 e. The third kappa shape index (κ3) is 4.43. The molecule has 0 heterocycles. The van der Waals surface area contributed by atoms with E-state index in [9.17, 15) is 14.0 Å². The molecule has 1 aromatic carbocycles. The van der Waals surface area contributed by atoms with Crippen molar-refractivity contribution in [3.63, 3.8) is 0 Å². The maximum atomic E-state index is 13.0. The standard InChI is InChI=1S/C11H9FN2O3S/c12-9-2-1-8(3-7(9)4-13)14-10(15)5-18-6-11(16)17/h1-3H,5-6H2,(H,14,15)(H,16,17). The van der Waals surface area contributed by atoms with Gasteiger partial charge in [-0.05, 0) is 18.2 Å². The smallest absolute Gasteiger partial charge is 0.313 e.